The molecule has 0 saturated carbocycles. The van der Waals surface area contributed by atoms with Crippen molar-refractivity contribution in [2.75, 3.05) is 0 Å². The first-order valence-corrected chi connectivity index (χ1v) is 4.61. The van der Waals surface area contributed by atoms with Crippen LogP contribution in [-0.2, 0) is 4.79 Å². The lowest BCUT2D eigenvalue weighted by molar-refractivity contribution is -0.131. The molecule has 68 valence electrons. The lowest BCUT2D eigenvalue weighted by Gasteiger charge is -2.32. The van der Waals surface area contributed by atoms with E-state index in [2.05, 4.69) is 24.4 Å². The highest BCUT2D eigenvalue weighted by Gasteiger charge is 2.35. The summed E-state index contributed by atoms with van der Waals surface area (Å²) in [5.74, 6) is 0.607. The number of carbonyl (C=O) groups is 1. The van der Waals surface area contributed by atoms with Gasteiger partial charge in [-0.15, -0.1) is 0 Å². The van der Waals surface area contributed by atoms with E-state index in [0.717, 1.165) is 0 Å². The Bertz CT molecular complexity index is 301. The summed E-state index contributed by atoms with van der Waals surface area (Å²) in [6.07, 6.45) is 12.3. The molecule has 1 aliphatic heterocycles. The SMILES string of the molecule is CC1/C=C\C=C/C2NC(=O)C2/C=C\1. The van der Waals surface area contributed by atoms with Gasteiger partial charge >= 0.3 is 0 Å². The van der Waals surface area contributed by atoms with E-state index in [4.69, 9.17) is 0 Å². The van der Waals surface area contributed by atoms with E-state index in [1.54, 1.807) is 0 Å². The third-order valence-corrected chi connectivity index (χ3v) is 2.46. The normalized spacial score (nSPS) is 44.1. The predicted molar refractivity (Wildman–Crippen MR) is 52.0 cm³/mol. The maximum absolute atomic E-state index is 11.1. The molecular weight excluding hydrogens is 162 g/mol. The predicted octanol–water partition coefficient (Wildman–Crippen LogP) is 1.42. The average Bonchev–Trinajstić information content (AvgIpc) is 2.15. The van der Waals surface area contributed by atoms with Gasteiger partial charge in [0.25, 0.3) is 0 Å². The highest BCUT2D eigenvalue weighted by atomic mass is 16.2. The highest BCUT2D eigenvalue weighted by Crippen LogP contribution is 2.20. The minimum Gasteiger partial charge on any atom is -0.348 e. The molecule has 3 unspecified atom stereocenters. The number of rotatable bonds is 0. The van der Waals surface area contributed by atoms with Gasteiger partial charge in [-0.05, 0) is 5.92 Å². The number of hydrogen-bond donors (Lipinski definition) is 1. The van der Waals surface area contributed by atoms with Crippen molar-refractivity contribution >= 4 is 5.91 Å². The van der Waals surface area contributed by atoms with Crippen molar-refractivity contribution in [2.24, 2.45) is 11.8 Å². The van der Waals surface area contributed by atoms with Crippen molar-refractivity contribution in [1.82, 2.24) is 5.32 Å². The fraction of sp³-hybridized carbons (Fsp3) is 0.364. The monoisotopic (exact) mass is 175 g/mol. The zero-order chi connectivity index (χ0) is 9.26. The molecule has 1 saturated heterocycles. The summed E-state index contributed by atoms with van der Waals surface area (Å²) in [4.78, 5) is 11.1. The Morgan fingerprint density at radius 3 is 2.69 bits per heavy atom. The van der Waals surface area contributed by atoms with Gasteiger partial charge in [0.2, 0.25) is 5.91 Å². The Morgan fingerprint density at radius 1 is 1.15 bits per heavy atom. The van der Waals surface area contributed by atoms with Crippen LogP contribution in [0.3, 0.4) is 0 Å². The summed E-state index contributed by atoms with van der Waals surface area (Å²) in [5.41, 5.74) is 0. The standard InChI is InChI=1S/C11H13NO/c1-8-4-2-3-5-10-9(7-6-8)11(13)12-10/h2-10H,1H3,(H,12,13)/b4-2-,5-3-,7-6-. The zero-order valence-electron chi connectivity index (χ0n) is 7.60. The number of carbonyl (C=O) groups excluding carboxylic acids is 1. The summed E-state index contributed by atoms with van der Waals surface area (Å²) in [6, 6.07) is 0.207. The van der Waals surface area contributed by atoms with Crippen LogP contribution in [0.15, 0.2) is 36.5 Å². The molecule has 2 rings (SSSR count). The molecule has 1 amide bonds. The van der Waals surface area contributed by atoms with Crippen molar-refractivity contribution in [1.29, 1.82) is 0 Å². The first-order chi connectivity index (χ1) is 6.27. The highest BCUT2D eigenvalue weighted by molar-refractivity contribution is 5.88. The molecule has 0 bridgehead atoms. The summed E-state index contributed by atoms with van der Waals surface area (Å²) < 4.78 is 0. The molecule has 0 aromatic rings. The molecule has 0 radical (unpaired) electrons. The first kappa shape index (κ1) is 8.30. The fourth-order valence-electron chi connectivity index (χ4n) is 1.57. The Labute approximate surface area is 78.0 Å². The van der Waals surface area contributed by atoms with Gasteiger partial charge in [0.1, 0.15) is 0 Å². The Kier molecular flexibility index (Phi) is 2.05. The number of nitrogens with one attached hydrogen (secondary N) is 1. The molecule has 0 spiro atoms. The van der Waals surface area contributed by atoms with E-state index < -0.39 is 0 Å². The van der Waals surface area contributed by atoms with Crippen LogP contribution in [-0.4, -0.2) is 11.9 Å². The third kappa shape index (κ3) is 1.57. The molecule has 1 N–H and O–H groups in total. The molecule has 3 atom stereocenters. The summed E-state index contributed by atoms with van der Waals surface area (Å²) in [5, 5.41) is 2.84. The number of β-lactam (4-membered cyclic amide) rings is 1. The Balaban J connectivity index is 2.19. The topological polar surface area (TPSA) is 29.1 Å². The van der Waals surface area contributed by atoms with Crippen LogP contribution >= 0.6 is 0 Å². The first-order valence-electron chi connectivity index (χ1n) is 4.61. The number of fused-ring (bicyclic) bond motifs is 1. The lowest BCUT2D eigenvalue weighted by Crippen LogP contribution is -2.56. The zero-order valence-corrected chi connectivity index (χ0v) is 7.60. The van der Waals surface area contributed by atoms with Crippen LogP contribution in [0.5, 0.6) is 0 Å². The van der Waals surface area contributed by atoms with Crippen LogP contribution in [0.25, 0.3) is 0 Å². The summed E-state index contributed by atoms with van der Waals surface area (Å²) in [7, 11) is 0. The van der Waals surface area contributed by atoms with E-state index in [1.165, 1.54) is 0 Å². The Hall–Kier alpha value is -1.31. The van der Waals surface area contributed by atoms with Crippen molar-refractivity contribution < 1.29 is 4.79 Å². The molecule has 2 heteroatoms. The van der Waals surface area contributed by atoms with E-state index in [0.29, 0.717) is 5.92 Å². The quantitative estimate of drug-likeness (QED) is 0.438. The third-order valence-electron chi connectivity index (χ3n) is 2.46. The summed E-state index contributed by atoms with van der Waals surface area (Å²) in [6.45, 7) is 2.11. The van der Waals surface area contributed by atoms with Gasteiger partial charge in [0.15, 0.2) is 0 Å². The average molecular weight is 175 g/mol. The fourth-order valence-corrected chi connectivity index (χ4v) is 1.57. The van der Waals surface area contributed by atoms with Gasteiger partial charge in [-0.25, -0.2) is 0 Å². The minimum absolute atomic E-state index is 0.0543. The van der Waals surface area contributed by atoms with E-state index in [1.807, 2.05) is 24.3 Å². The lowest BCUT2D eigenvalue weighted by atomic mass is 9.89. The van der Waals surface area contributed by atoms with E-state index in [-0.39, 0.29) is 17.9 Å². The van der Waals surface area contributed by atoms with Gasteiger partial charge in [-0.2, -0.15) is 0 Å². The molecule has 0 aromatic heterocycles. The van der Waals surface area contributed by atoms with E-state index in [9.17, 15) is 4.79 Å². The van der Waals surface area contributed by atoms with Crippen molar-refractivity contribution in [3.63, 3.8) is 0 Å². The van der Waals surface area contributed by atoms with Crippen molar-refractivity contribution in [2.45, 2.75) is 13.0 Å². The maximum atomic E-state index is 11.1. The van der Waals surface area contributed by atoms with Crippen LogP contribution in [0, 0.1) is 11.8 Å². The number of hydrogen-bond acceptors (Lipinski definition) is 1. The molecular formula is C11H13NO. The molecule has 13 heavy (non-hydrogen) atoms. The van der Waals surface area contributed by atoms with Crippen LogP contribution < -0.4 is 5.32 Å². The number of allylic oxidation sites excluding steroid dienone is 4. The van der Waals surface area contributed by atoms with Crippen molar-refractivity contribution in [3.05, 3.63) is 36.5 Å². The molecule has 2 nitrogen and oxygen atoms in total. The smallest absolute Gasteiger partial charge is 0.229 e. The van der Waals surface area contributed by atoms with Gasteiger partial charge in [-0.1, -0.05) is 43.4 Å². The number of amides is 1. The van der Waals surface area contributed by atoms with Crippen LogP contribution in [0.4, 0.5) is 0 Å². The summed E-state index contributed by atoms with van der Waals surface area (Å²) >= 11 is 0. The molecule has 0 aromatic carbocycles. The van der Waals surface area contributed by atoms with E-state index >= 15 is 0 Å². The van der Waals surface area contributed by atoms with Gasteiger partial charge in [0.05, 0.1) is 12.0 Å². The van der Waals surface area contributed by atoms with Gasteiger partial charge in [-0.3, -0.25) is 4.79 Å². The largest absolute Gasteiger partial charge is 0.348 e. The Morgan fingerprint density at radius 2 is 1.92 bits per heavy atom. The molecule has 1 aliphatic carbocycles. The van der Waals surface area contributed by atoms with Crippen LogP contribution in [0.2, 0.25) is 0 Å². The van der Waals surface area contributed by atoms with Gasteiger partial charge in [0, 0.05) is 0 Å². The molecule has 2 aliphatic rings. The second kappa shape index (κ2) is 3.21. The molecule has 1 fully saturated rings. The maximum Gasteiger partial charge on any atom is 0.229 e. The second-order valence-electron chi connectivity index (χ2n) is 3.57. The molecule has 1 heterocycles. The van der Waals surface area contributed by atoms with Crippen LogP contribution in [0.1, 0.15) is 6.92 Å². The minimum atomic E-state index is 0.0543. The second-order valence-corrected chi connectivity index (χ2v) is 3.57. The van der Waals surface area contributed by atoms with Crippen molar-refractivity contribution in [3.8, 4) is 0 Å². The van der Waals surface area contributed by atoms with Gasteiger partial charge < -0.3 is 5.32 Å².